The predicted octanol–water partition coefficient (Wildman–Crippen LogP) is 3.59. The van der Waals surface area contributed by atoms with Gasteiger partial charge in [0, 0.05) is 24.4 Å². The van der Waals surface area contributed by atoms with Gasteiger partial charge in [0.05, 0.1) is 5.56 Å². The van der Waals surface area contributed by atoms with Crippen molar-refractivity contribution < 1.29 is 12.8 Å². The first-order chi connectivity index (χ1) is 12.7. The second-order valence-corrected chi connectivity index (χ2v) is 8.29. The fourth-order valence-corrected chi connectivity index (χ4v) is 4.83. The van der Waals surface area contributed by atoms with Crippen LogP contribution in [0.3, 0.4) is 0 Å². The first kappa shape index (κ1) is 19.3. The average molecular weight is 388 g/mol. The summed E-state index contributed by atoms with van der Waals surface area (Å²) in [5.41, 5.74) is 3.71. The summed E-state index contributed by atoms with van der Waals surface area (Å²) in [6.45, 7) is 9.07. The van der Waals surface area contributed by atoms with Gasteiger partial charge in [0.1, 0.15) is 4.90 Å². The molecule has 0 bridgehead atoms. The number of hydrogen-bond acceptors (Lipinski definition) is 5. The number of aromatic nitrogens is 3. The zero-order valence-electron chi connectivity index (χ0n) is 16.1. The Hall–Kier alpha value is -2.45. The van der Waals surface area contributed by atoms with Crippen molar-refractivity contribution in [3.8, 4) is 11.5 Å². The van der Waals surface area contributed by atoms with E-state index in [2.05, 4.69) is 26.8 Å². The van der Waals surface area contributed by atoms with Crippen LogP contribution in [-0.4, -0.2) is 23.6 Å². The van der Waals surface area contributed by atoms with Gasteiger partial charge in [0.25, 0.3) is 5.89 Å². The van der Waals surface area contributed by atoms with Gasteiger partial charge in [0.15, 0.2) is 0 Å². The minimum atomic E-state index is -3.81. The summed E-state index contributed by atoms with van der Waals surface area (Å²) in [6.07, 6.45) is 0.940. The van der Waals surface area contributed by atoms with E-state index in [1.165, 1.54) is 5.56 Å². The van der Waals surface area contributed by atoms with E-state index in [4.69, 9.17) is 4.42 Å². The fourth-order valence-electron chi connectivity index (χ4n) is 3.15. The monoisotopic (exact) mass is 388 g/mol. The fraction of sp³-hybridized carbons (Fsp3) is 0.368. The highest BCUT2D eigenvalue weighted by Gasteiger charge is 2.30. The molecule has 0 spiro atoms. The molecule has 0 radical (unpaired) electrons. The molecule has 0 saturated heterocycles. The van der Waals surface area contributed by atoms with Crippen molar-refractivity contribution in [2.45, 2.75) is 52.0 Å². The van der Waals surface area contributed by atoms with Crippen molar-refractivity contribution in [3.63, 3.8) is 0 Å². The molecule has 2 N–H and O–H groups in total. The van der Waals surface area contributed by atoms with Crippen molar-refractivity contribution in [1.82, 2.24) is 19.9 Å². The number of aryl methyl sites for hydroxylation is 4. The SMILES string of the molecule is CCc1ccc(C(C)NS(=O)(=O)c2c(C)[nH]c(C)c2-c2nnc(C)o2)cc1. The summed E-state index contributed by atoms with van der Waals surface area (Å²) in [5, 5.41) is 7.81. The second kappa shape index (κ2) is 7.28. The molecule has 2 aromatic heterocycles. The Kier molecular flexibility index (Phi) is 5.21. The number of nitrogens with one attached hydrogen (secondary N) is 2. The predicted molar refractivity (Wildman–Crippen MR) is 103 cm³/mol. The third-order valence-electron chi connectivity index (χ3n) is 4.55. The highest BCUT2D eigenvalue weighted by atomic mass is 32.2. The maximum atomic E-state index is 13.2. The van der Waals surface area contributed by atoms with E-state index >= 15 is 0 Å². The van der Waals surface area contributed by atoms with E-state index < -0.39 is 10.0 Å². The third kappa shape index (κ3) is 3.81. The number of H-pyrrole nitrogens is 1. The standard InChI is InChI=1S/C19H24N4O3S/c1-6-15-7-9-16(10-8-15)11(2)23-27(24,25)18-13(4)20-12(3)17(18)19-22-21-14(5)26-19/h7-11,20,23H,6H2,1-5H3. The van der Waals surface area contributed by atoms with Crippen LogP contribution in [0, 0.1) is 20.8 Å². The summed E-state index contributed by atoms with van der Waals surface area (Å²) in [7, 11) is -3.81. The molecule has 1 atom stereocenters. The lowest BCUT2D eigenvalue weighted by molar-refractivity contribution is 0.530. The molecule has 3 rings (SSSR count). The number of hydrogen-bond donors (Lipinski definition) is 2. The quantitative estimate of drug-likeness (QED) is 0.672. The molecule has 7 nitrogen and oxygen atoms in total. The number of aromatic amines is 1. The maximum Gasteiger partial charge on any atom is 0.250 e. The summed E-state index contributed by atoms with van der Waals surface area (Å²) in [4.78, 5) is 3.21. The molecule has 0 fully saturated rings. The summed E-state index contributed by atoms with van der Waals surface area (Å²) in [6, 6.07) is 7.54. The lowest BCUT2D eigenvalue weighted by Gasteiger charge is -2.16. The molecule has 144 valence electrons. The van der Waals surface area contributed by atoms with Gasteiger partial charge in [-0.05, 0) is 38.3 Å². The lowest BCUT2D eigenvalue weighted by atomic mass is 10.1. The third-order valence-corrected chi connectivity index (χ3v) is 6.26. The number of rotatable bonds is 6. The molecule has 3 aromatic rings. The van der Waals surface area contributed by atoms with Gasteiger partial charge in [0.2, 0.25) is 15.9 Å². The summed E-state index contributed by atoms with van der Waals surface area (Å²) >= 11 is 0. The van der Waals surface area contributed by atoms with E-state index in [9.17, 15) is 8.42 Å². The van der Waals surface area contributed by atoms with Crippen LogP contribution in [0.1, 0.15) is 48.3 Å². The van der Waals surface area contributed by atoms with Gasteiger partial charge in [-0.3, -0.25) is 0 Å². The van der Waals surface area contributed by atoms with E-state index in [0.29, 0.717) is 22.8 Å². The first-order valence-corrected chi connectivity index (χ1v) is 10.3. The number of sulfonamides is 1. The molecule has 27 heavy (non-hydrogen) atoms. The first-order valence-electron chi connectivity index (χ1n) is 8.83. The van der Waals surface area contributed by atoms with Crippen LogP contribution in [0.5, 0.6) is 0 Å². The highest BCUT2D eigenvalue weighted by Crippen LogP contribution is 2.33. The minimum Gasteiger partial charge on any atom is -0.421 e. The smallest absolute Gasteiger partial charge is 0.250 e. The molecule has 1 unspecified atom stereocenters. The summed E-state index contributed by atoms with van der Waals surface area (Å²) < 4.78 is 34.5. The van der Waals surface area contributed by atoms with Gasteiger partial charge in [-0.2, -0.15) is 0 Å². The van der Waals surface area contributed by atoms with Crippen LogP contribution < -0.4 is 4.72 Å². The van der Waals surface area contributed by atoms with Crippen molar-refractivity contribution in [2.75, 3.05) is 0 Å². The Morgan fingerprint density at radius 1 is 1.11 bits per heavy atom. The van der Waals surface area contributed by atoms with E-state index in [1.54, 1.807) is 20.8 Å². The molecular formula is C19H24N4O3S. The maximum absolute atomic E-state index is 13.2. The summed E-state index contributed by atoms with van der Waals surface area (Å²) in [5.74, 6) is 0.568. The highest BCUT2D eigenvalue weighted by molar-refractivity contribution is 7.89. The van der Waals surface area contributed by atoms with Crippen LogP contribution >= 0.6 is 0 Å². The Morgan fingerprint density at radius 2 is 1.78 bits per heavy atom. The van der Waals surface area contributed by atoms with Crippen LogP contribution in [0.25, 0.3) is 11.5 Å². The van der Waals surface area contributed by atoms with Gasteiger partial charge < -0.3 is 9.40 Å². The molecular weight excluding hydrogens is 364 g/mol. The largest absolute Gasteiger partial charge is 0.421 e. The van der Waals surface area contributed by atoms with Crippen molar-refractivity contribution in [2.24, 2.45) is 0 Å². The molecule has 0 aliphatic heterocycles. The van der Waals surface area contributed by atoms with Crippen molar-refractivity contribution in [3.05, 3.63) is 52.7 Å². The van der Waals surface area contributed by atoms with Gasteiger partial charge >= 0.3 is 0 Å². The molecule has 0 aliphatic carbocycles. The lowest BCUT2D eigenvalue weighted by Crippen LogP contribution is -2.27. The topological polar surface area (TPSA) is 101 Å². The zero-order chi connectivity index (χ0) is 19.8. The van der Waals surface area contributed by atoms with E-state index in [0.717, 1.165) is 12.0 Å². The normalized spacial score (nSPS) is 13.1. The Labute approximate surface area is 159 Å². The minimum absolute atomic E-state index is 0.140. The molecule has 2 heterocycles. The Balaban J connectivity index is 1.97. The number of nitrogens with zero attached hydrogens (tertiary/aromatic N) is 2. The molecule has 0 amide bonds. The van der Waals surface area contributed by atoms with Crippen LogP contribution in [0.2, 0.25) is 0 Å². The van der Waals surface area contributed by atoms with Crippen molar-refractivity contribution in [1.29, 1.82) is 0 Å². The molecule has 8 heteroatoms. The van der Waals surface area contributed by atoms with Crippen LogP contribution in [0.15, 0.2) is 33.6 Å². The zero-order valence-corrected chi connectivity index (χ0v) is 16.9. The Morgan fingerprint density at radius 3 is 2.33 bits per heavy atom. The van der Waals surface area contributed by atoms with Gasteiger partial charge in [-0.1, -0.05) is 31.2 Å². The second-order valence-electron chi connectivity index (χ2n) is 6.64. The number of benzene rings is 1. The van der Waals surface area contributed by atoms with Crippen molar-refractivity contribution >= 4 is 10.0 Å². The van der Waals surface area contributed by atoms with E-state index in [-0.39, 0.29) is 16.8 Å². The van der Waals surface area contributed by atoms with Gasteiger partial charge in [-0.15, -0.1) is 10.2 Å². The average Bonchev–Trinajstić information content (AvgIpc) is 3.17. The van der Waals surface area contributed by atoms with E-state index in [1.807, 2.05) is 31.2 Å². The molecule has 0 saturated carbocycles. The molecule has 1 aromatic carbocycles. The molecule has 0 aliphatic rings. The van der Waals surface area contributed by atoms with Crippen LogP contribution in [0.4, 0.5) is 0 Å². The van der Waals surface area contributed by atoms with Gasteiger partial charge in [-0.25, -0.2) is 13.1 Å². The van der Waals surface area contributed by atoms with Crippen LogP contribution in [-0.2, 0) is 16.4 Å². The Bertz CT molecular complexity index is 1050.